The largest absolute Gasteiger partial charge is 0.398 e. The summed E-state index contributed by atoms with van der Waals surface area (Å²) in [6.45, 7) is 3.97. The molecular formula is C13H18N4O3S. The first-order valence-corrected chi connectivity index (χ1v) is 7.80. The third-order valence-electron chi connectivity index (χ3n) is 2.56. The maximum absolute atomic E-state index is 12.0. The Balaban J connectivity index is 2.74. The molecule has 7 nitrogen and oxygen atoms in total. The van der Waals surface area contributed by atoms with Crippen LogP contribution in [0, 0.1) is 17.2 Å². The SMILES string of the molecule is CC(C)CNC(=O)CNS(=O)(=O)c1ccc(C#N)cc1N. The number of anilines is 1. The quantitative estimate of drug-likeness (QED) is 0.647. The number of hydrogen-bond acceptors (Lipinski definition) is 5. The molecule has 0 heterocycles. The number of hydrogen-bond donors (Lipinski definition) is 3. The van der Waals surface area contributed by atoms with Gasteiger partial charge in [0, 0.05) is 6.54 Å². The summed E-state index contributed by atoms with van der Waals surface area (Å²) in [4.78, 5) is 11.3. The van der Waals surface area contributed by atoms with Crippen LogP contribution in [-0.2, 0) is 14.8 Å². The Labute approximate surface area is 124 Å². The zero-order valence-electron chi connectivity index (χ0n) is 11.9. The van der Waals surface area contributed by atoms with Crippen molar-refractivity contribution in [1.82, 2.24) is 10.0 Å². The number of sulfonamides is 1. The molecule has 1 aromatic carbocycles. The maximum Gasteiger partial charge on any atom is 0.243 e. The molecule has 0 fully saturated rings. The number of carbonyl (C=O) groups is 1. The van der Waals surface area contributed by atoms with Crippen molar-refractivity contribution in [2.75, 3.05) is 18.8 Å². The Morgan fingerprint density at radius 1 is 1.43 bits per heavy atom. The third-order valence-corrected chi connectivity index (χ3v) is 4.03. The van der Waals surface area contributed by atoms with Gasteiger partial charge in [0.15, 0.2) is 0 Å². The topological polar surface area (TPSA) is 125 Å². The highest BCUT2D eigenvalue weighted by Gasteiger charge is 2.18. The molecule has 1 amide bonds. The molecule has 0 bridgehead atoms. The monoisotopic (exact) mass is 310 g/mol. The molecule has 0 saturated heterocycles. The second-order valence-corrected chi connectivity index (χ2v) is 6.62. The second kappa shape index (κ2) is 7.06. The van der Waals surface area contributed by atoms with Crippen molar-refractivity contribution in [3.63, 3.8) is 0 Å². The number of nitriles is 1. The molecule has 4 N–H and O–H groups in total. The van der Waals surface area contributed by atoms with Crippen LogP contribution in [0.2, 0.25) is 0 Å². The summed E-state index contributed by atoms with van der Waals surface area (Å²) in [5, 5.41) is 11.3. The van der Waals surface area contributed by atoms with Gasteiger partial charge in [0.2, 0.25) is 15.9 Å². The normalized spacial score (nSPS) is 11.1. The van der Waals surface area contributed by atoms with Gasteiger partial charge in [-0.2, -0.15) is 5.26 Å². The Hall–Kier alpha value is -2.11. The summed E-state index contributed by atoms with van der Waals surface area (Å²) in [7, 11) is -3.89. The van der Waals surface area contributed by atoms with Gasteiger partial charge in [0.05, 0.1) is 23.9 Å². The maximum atomic E-state index is 12.0. The minimum absolute atomic E-state index is 0.0378. The van der Waals surface area contributed by atoms with E-state index in [1.807, 2.05) is 19.9 Å². The van der Waals surface area contributed by atoms with E-state index in [0.717, 1.165) is 0 Å². The number of nitrogens with two attached hydrogens (primary N) is 1. The van der Waals surface area contributed by atoms with E-state index in [9.17, 15) is 13.2 Å². The molecule has 21 heavy (non-hydrogen) atoms. The molecule has 0 saturated carbocycles. The fourth-order valence-corrected chi connectivity index (χ4v) is 2.57. The molecule has 0 aliphatic rings. The molecule has 0 unspecified atom stereocenters. The van der Waals surface area contributed by atoms with Crippen LogP contribution >= 0.6 is 0 Å². The smallest absolute Gasteiger partial charge is 0.243 e. The van der Waals surface area contributed by atoms with Crippen LogP contribution in [-0.4, -0.2) is 27.4 Å². The van der Waals surface area contributed by atoms with Crippen molar-refractivity contribution in [1.29, 1.82) is 5.26 Å². The zero-order chi connectivity index (χ0) is 16.0. The molecule has 0 atom stereocenters. The highest BCUT2D eigenvalue weighted by molar-refractivity contribution is 7.89. The lowest BCUT2D eigenvalue weighted by Gasteiger charge is -2.10. The standard InChI is InChI=1S/C13H18N4O3S/c1-9(2)7-16-13(18)8-17-21(19,20)12-4-3-10(6-14)5-11(12)15/h3-5,9,17H,7-8,15H2,1-2H3,(H,16,18). The van der Waals surface area contributed by atoms with E-state index in [-0.39, 0.29) is 28.6 Å². The van der Waals surface area contributed by atoms with Crippen LogP contribution in [0.4, 0.5) is 5.69 Å². The van der Waals surface area contributed by atoms with Gasteiger partial charge in [-0.1, -0.05) is 13.8 Å². The van der Waals surface area contributed by atoms with Gasteiger partial charge in [0.25, 0.3) is 0 Å². The lowest BCUT2D eigenvalue weighted by molar-refractivity contribution is -0.120. The molecular weight excluding hydrogens is 292 g/mol. The van der Waals surface area contributed by atoms with E-state index in [1.165, 1.54) is 18.2 Å². The minimum Gasteiger partial charge on any atom is -0.398 e. The van der Waals surface area contributed by atoms with Gasteiger partial charge in [-0.3, -0.25) is 4.79 Å². The summed E-state index contributed by atoms with van der Waals surface area (Å²) < 4.78 is 26.3. The Morgan fingerprint density at radius 2 is 2.10 bits per heavy atom. The van der Waals surface area contributed by atoms with Crippen LogP contribution in [0.1, 0.15) is 19.4 Å². The summed E-state index contributed by atoms with van der Waals surface area (Å²) in [6.07, 6.45) is 0. The summed E-state index contributed by atoms with van der Waals surface area (Å²) in [6, 6.07) is 5.73. The molecule has 8 heteroatoms. The molecule has 0 radical (unpaired) electrons. The number of amides is 1. The fraction of sp³-hybridized carbons (Fsp3) is 0.385. The molecule has 0 aliphatic heterocycles. The first-order valence-electron chi connectivity index (χ1n) is 6.32. The average molecular weight is 310 g/mol. The zero-order valence-corrected chi connectivity index (χ0v) is 12.7. The van der Waals surface area contributed by atoms with Crippen LogP contribution < -0.4 is 15.8 Å². The van der Waals surface area contributed by atoms with E-state index in [4.69, 9.17) is 11.0 Å². The molecule has 1 rings (SSSR count). The van der Waals surface area contributed by atoms with Gasteiger partial charge in [-0.25, -0.2) is 13.1 Å². The van der Waals surface area contributed by atoms with Crippen LogP contribution in [0.3, 0.4) is 0 Å². The Bertz CT molecular complexity index is 662. The predicted molar refractivity (Wildman–Crippen MR) is 78.6 cm³/mol. The van der Waals surface area contributed by atoms with Gasteiger partial charge >= 0.3 is 0 Å². The Morgan fingerprint density at radius 3 is 2.62 bits per heavy atom. The molecule has 0 aliphatic carbocycles. The van der Waals surface area contributed by atoms with Crippen LogP contribution in [0.5, 0.6) is 0 Å². The number of nitrogen functional groups attached to an aromatic ring is 1. The first kappa shape index (κ1) is 16.9. The van der Waals surface area contributed by atoms with Gasteiger partial charge in [0.1, 0.15) is 4.90 Å². The molecule has 0 aromatic heterocycles. The third kappa shape index (κ3) is 5.06. The highest BCUT2D eigenvalue weighted by atomic mass is 32.2. The highest BCUT2D eigenvalue weighted by Crippen LogP contribution is 2.19. The summed E-state index contributed by atoms with van der Waals surface area (Å²) in [5.41, 5.74) is 5.84. The van der Waals surface area contributed by atoms with Crippen molar-refractivity contribution in [2.45, 2.75) is 18.7 Å². The second-order valence-electron chi connectivity index (χ2n) is 4.89. The molecule has 114 valence electrons. The summed E-state index contributed by atoms with van der Waals surface area (Å²) >= 11 is 0. The van der Waals surface area contributed by atoms with Gasteiger partial charge in [-0.05, 0) is 24.1 Å². The Kier molecular flexibility index (Phi) is 5.69. The average Bonchev–Trinajstić information content (AvgIpc) is 2.42. The van der Waals surface area contributed by atoms with Crippen molar-refractivity contribution in [3.8, 4) is 6.07 Å². The number of carbonyl (C=O) groups excluding carboxylic acids is 1. The van der Waals surface area contributed by atoms with E-state index in [1.54, 1.807) is 0 Å². The lowest BCUT2D eigenvalue weighted by atomic mass is 10.2. The molecule has 1 aromatic rings. The number of rotatable bonds is 6. The number of nitrogens with one attached hydrogen (secondary N) is 2. The van der Waals surface area contributed by atoms with E-state index >= 15 is 0 Å². The van der Waals surface area contributed by atoms with E-state index < -0.39 is 15.9 Å². The lowest BCUT2D eigenvalue weighted by Crippen LogP contribution is -2.38. The van der Waals surface area contributed by atoms with Crippen molar-refractivity contribution in [2.24, 2.45) is 5.92 Å². The van der Waals surface area contributed by atoms with Gasteiger partial charge in [-0.15, -0.1) is 0 Å². The minimum atomic E-state index is -3.89. The first-order chi connectivity index (χ1) is 9.76. The number of nitrogens with zero attached hydrogens (tertiary/aromatic N) is 1. The van der Waals surface area contributed by atoms with Crippen LogP contribution in [0.15, 0.2) is 23.1 Å². The number of benzene rings is 1. The van der Waals surface area contributed by atoms with Crippen molar-refractivity contribution < 1.29 is 13.2 Å². The molecule has 0 spiro atoms. The van der Waals surface area contributed by atoms with E-state index in [0.29, 0.717) is 6.54 Å². The van der Waals surface area contributed by atoms with Crippen molar-refractivity contribution >= 4 is 21.6 Å². The fourth-order valence-electron chi connectivity index (χ4n) is 1.48. The van der Waals surface area contributed by atoms with Gasteiger partial charge < -0.3 is 11.1 Å². The summed E-state index contributed by atoms with van der Waals surface area (Å²) in [5.74, 6) is -0.140. The van der Waals surface area contributed by atoms with Crippen LogP contribution in [0.25, 0.3) is 0 Å². The van der Waals surface area contributed by atoms with E-state index in [2.05, 4.69) is 10.0 Å². The predicted octanol–water partition coefficient (Wildman–Crippen LogP) is 0.191. The van der Waals surface area contributed by atoms with Crippen molar-refractivity contribution in [3.05, 3.63) is 23.8 Å².